The SMILES string of the molecule is C=C(/C=C(\[O-])OCC)N=C([O-])C(C)(C)C. The Hall–Kier alpha value is -1.45. The van der Waals surface area contributed by atoms with Gasteiger partial charge >= 0.3 is 0 Å². The summed E-state index contributed by atoms with van der Waals surface area (Å²) in [6, 6.07) is 0. The molecule has 86 valence electrons. The van der Waals surface area contributed by atoms with Gasteiger partial charge in [0.05, 0.1) is 11.6 Å². The van der Waals surface area contributed by atoms with Gasteiger partial charge in [0.25, 0.3) is 0 Å². The highest BCUT2D eigenvalue weighted by Gasteiger charge is 2.09. The van der Waals surface area contributed by atoms with Crippen LogP contribution >= 0.6 is 0 Å². The lowest BCUT2D eigenvalue weighted by Gasteiger charge is -2.26. The van der Waals surface area contributed by atoms with E-state index in [4.69, 9.17) is 0 Å². The molecule has 0 spiro atoms. The average molecular weight is 211 g/mol. The van der Waals surface area contributed by atoms with Gasteiger partial charge in [-0.25, -0.2) is 0 Å². The highest BCUT2D eigenvalue weighted by molar-refractivity contribution is 5.78. The van der Waals surface area contributed by atoms with Crippen molar-refractivity contribution in [2.45, 2.75) is 27.7 Å². The summed E-state index contributed by atoms with van der Waals surface area (Å²) in [7, 11) is 0. The smallest absolute Gasteiger partial charge is 0.0564 e. The number of hydrogen-bond acceptors (Lipinski definition) is 4. The average Bonchev–Trinajstić information content (AvgIpc) is 2.01. The first kappa shape index (κ1) is 13.5. The second-order valence-corrected chi connectivity index (χ2v) is 4.05. The molecule has 0 N–H and O–H groups in total. The van der Waals surface area contributed by atoms with Gasteiger partial charge in [0.15, 0.2) is 0 Å². The maximum atomic E-state index is 11.4. The molecular formula is C11H17NO3-2. The summed E-state index contributed by atoms with van der Waals surface area (Å²) in [5, 5.41) is 22.4. The zero-order chi connectivity index (χ0) is 12.1. The third-order valence-electron chi connectivity index (χ3n) is 1.46. The molecule has 0 aliphatic rings. The van der Waals surface area contributed by atoms with Crippen molar-refractivity contribution in [1.29, 1.82) is 0 Å². The molecule has 0 unspecified atom stereocenters. The van der Waals surface area contributed by atoms with Gasteiger partial charge in [-0.1, -0.05) is 34.3 Å². The molecule has 0 heterocycles. The van der Waals surface area contributed by atoms with E-state index in [1.165, 1.54) is 0 Å². The molecule has 0 aromatic heterocycles. The van der Waals surface area contributed by atoms with Crippen LogP contribution in [0.25, 0.3) is 0 Å². The van der Waals surface area contributed by atoms with Gasteiger partial charge in [0.1, 0.15) is 0 Å². The van der Waals surface area contributed by atoms with Crippen LogP contribution in [0.2, 0.25) is 0 Å². The van der Waals surface area contributed by atoms with E-state index in [1.807, 2.05) is 0 Å². The van der Waals surface area contributed by atoms with Crippen molar-refractivity contribution in [2.75, 3.05) is 6.61 Å². The Morgan fingerprint density at radius 1 is 1.40 bits per heavy atom. The first-order valence-corrected chi connectivity index (χ1v) is 4.74. The summed E-state index contributed by atoms with van der Waals surface area (Å²) in [5.41, 5.74) is -0.445. The Labute approximate surface area is 90.6 Å². The standard InChI is InChI=1S/C11H19NO3/c1-6-15-9(13)7-8(2)12-10(14)11(3,4)5/h7,13H,2,6H2,1,3-5H3,(H,12,14)/p-2/b9-7+. The molecule has 0 aromatic rings. The second-order valence-electron chi connectivity index (χ2n) is 4.05. The molecule has 0 atom stereocenters. The molecule has 0 saturated carbocycles. The van der Waals surface area contributed by atoms with Crippen molar-refractivity contribution in [3.63, 3.8) is 0 Å². The summed E-state index contributed by atoms with van der Waals surface area (Å²) in [5.74, 6) is -0.846. The molecule has 4 heteroatoms. The quantitative estimate of drug-likeness (QED) is 0.295. The number of aliphatic imine (C=N–C) groups is 1. The summed E-state index contributed by atoms with van der Waals surface area (Å²) in [6.45, 7) is 10.7. The van der Waals surface area contributed by atoms with Crippen LogP contribution in [0.15, 0.2) is 29.3 Å². The lowest BCUT2D eigenvalue weighted by atomic mass is 9.97. The zero-order valence-corrected chi connectivity index (χ0v) is 9.66. The Morgan fingerprint density at radius 3 is 2.33 bits per heavy atom. The van der Waals surface area contributed by atoms with Crippen molar-refractivity contribution in [3.8, 4) is 0 Å². The highest BCUT2D eigenvalue weighted by atomic mass is 16.6. The molecule has 15 heavy (non-hydrogen) atoms. The van der Waals surface area contributed by atoms with Gasteiger partial charge in [-0.15, -0.1) is 0 Å². The van der Waals surface area contributed by atoms with Crippen LogP contribution in [0, 0.1) is 5.41 Å². The maximum Gasteiger partial charge on any atom is 0.0564 e. The lowest BCUT2D eigenvalue weighted by Crippen LogP contribution is -2.32. The van der Waals surface area contributed by atoms with Gasteiger partial charge in [0.2, 0.25) is 0 Å². The fraction of sp³-hybridized carbons (Fsp3) is 0.545. The van der Waals surface area contributed by atoms with E-state index in [0.29, 0.717) is 0 Å². The van der Waals surface area contributed by atoms with Crippen LogP contribution in [0.4, 0.5) is 0 Å². The molecule has 0 aromatic carbocycles. The van der Waals surface area contributed by atoms with E-state index in [-0.39, 0.29) is 18.2 Å². The molecule has 0 bridgehead atoms. The predicted molar refractivity (Wildman–Crippen MR) is 55.7 cm³/mol. The summed E-state index contributed by atoms with van der Waals surface area (Å²) in [6.07, 6.45) is 1.10. The van der Waals surface area contributed by atoms with E-state index in [0.717, 1.165) is 6.08 Å². The molecule has 4 nitrogen and oxygen atoms in total. The third kappa shape index (κ3) is 5.78. The Morgan fingerprint density at radius 2 is 1.93 bits per heavy atom. The first-order chi connectivity index (χ1) is 6.77. The number of rotatable bonds is 4. The van der Waals surface area contributed by atoms with Crippen molar-refractivity contribution >= 4 is 5.90 Å². The van der Waals surface area contributed by atoms with Crippen LogP contribution < -0.4 is 10.2 Å². The van der Waals surface area contributed by atoms with E-state index >= 15 is 0 Å². The van der Waals surface area contributed by atoms with Crippen LogP contribution in [0.1, 0.15) is 27.7 Å². The summed E-state index contributed by atoms with van der Waals surface area (Å²) in [4.78, 5) is 3.68. The van der Waals surface area contributed by atoms with Crippen molar-refractivity contribution in [1.82, 2.24) is 0 Å². The number of ether oxygens (including phenoxy) is 1. The zero-order valence-electron chi connectivity index (χ0n) is 9.66. The minimum atomic E-state index is -0.564. The predicted octanol–water partition coefficient (Wildman–Crippen LogP) is 0.543. The molecule has 0 amide bonds. The fourth-order valence-corrected chi connectivity index (χ4v) is 0.650. The van der Waals surface area contributed by atoms with Crippen molar-refractivity contribution < 1.29 is 14.9 Å². The van der Waals surface area contributed by atoms with Gasteiger partial charge in [-0.2, -0.15) is 0 Å². The monoisotopic (exact) mass is 211 g/mol. The molecule has 0 fully saturated rings. The van der Waals surface area contributed by atoms with Crippen LogP contribution in [-0.2, 0) is 4.74 Å². The van der Waals surface area contributed by atoms with E-state index < -0.39 is 11.4 Å². The van der Waals surface area contributed by atoms with Crippen LogP contribution in [-0.4, -0.2) is 12.5 Å². The van der Waals surface area contributed by atoms with E-state index in [1.54, 1.807) is 27.7 Å². The largest absolute Gasteiger partial charge is 0.861 e. The van der Waals surface area contributed by atoms with Crippen LogP contribution in [0.5, 0.6) is 0 Å². The molecule has 0 rings (SSSR count). The second kappa shape index (κ2) is 5.44. The number of allylic oxidation sites excluding steroid dienone is 1. The van der Waals surface area contributed by atoms with Gasteiger partial charge < -0.3 is 14.9 Å². The van der Waals surface area contributed by atoms with E-state index in [2.05, 4.69) is 16.3 Å². The molecular weight excluding hydrogens is 194 g/mol. The first-order valence-electron chi connectivity index (χ1n) is 4.74. The van der Waals surface area contributed by atoms with Gasteiger partial charge in [-0.3, -0.25) is 4.99 Å². The normalized spacial score (nSPS) is 13.9. The minimum Gasteiger partial charge on any atom is -0.861 e. The minimum absolute atomic E-state index is 0.119. The molecule has 0 aliphatic carbocycles. The molecule has 0 saturated heterocycles. The highest BCUT2D eigenvalue weighted by Crippen LogP contribution is 2.14. The Balaban J connectivity index is 4.56. The summed E-state index contributed by atoms with van der Waals surface area (Å²) >= 11 is 0. The van der Waals surface area contributed by atoms with Crippen molar-refractivity contribution in [2.24, 2.45) is 10.4 Å². The lowest BCUT2D eigenvalue weighted by molar-refractivity contribution is -0.356. The fourth-order valence-electron chi connectivity index (χ4n) is 0.650. The number of hydrogen-bond donors (Lipinski definition) is 0. The van der Waals surface area contributed by atoms with Gasteiger partial charge in [0, 0.05) is 0 Å². The van der Waals surface area contributed by atoms with E-state index in [9.17, 15) is 10.2 Å². The Bertz CT molecular complexity index is 285. The maximum absolute atomic E-state index is 11.4. The topological polar surface area (TPSA) is 67.7 Å². The third-order valence-corrected chi connectivity index (χ3v) is 1.46. The van der Waals surface area contributed by atoms with Crippen LogP contribution in [0.3, 0.4) is 0 Å². The number of nitrogens with zero attached hydrogens (tertiary/aromatic N) is 1. The Kier molecular flexibility index (Phi) is 4.91. The summed E-state index contributed by atoms with van der Waals surface area (Å²) < 4.78 is 4.65. The van der Waals surface area contributed by atoms with Gasteiger partial charge in [-0.05, 0) is 24.0 Å². The molecule has 0 aliphatic heterocycles. The van der Waals surface area contributed by atoms with Crippen molar-refractivity contribution in [3.05, 3.63) is 24.3 Å². The molecule has 0 radical (unpaired) electrons.